The third-order valence-electron chi connectivity index (χ3n) is 3.21. The van der Waals surface area contributed by atoms with Crippen LogP contribution in [0.3, 0.4) is 0 Å². The lowest BCUT2D eigenvalue weighted by Gasteiger charge is -2.06. The number of nitro benzene ring substituents is 1. The number of non-ortho nitro benzene ring substituents is 1. The molecule has 1 N–H and O–H groups in total. The fraction of sp³-hybridized carbons (Fsp3) is 0.357. The standard InChI is InChI=1S/C14H17BrN4O2/c1-3-14-11(9-18(2)17-14)8-16-7-10-4-5-12(19(20)21)6-13(10)15/h4-6,9,16H,3,7-8H2,1-2H3. The van der Waals surface area contributed by atoms with Gasteiger partial charge in [-0.1, -0.05) is 22.9 Å². The Morgan fingerprint density at radius 1 is 1.38 bits per heavy atom. The molecule has 1 aromatic carbocycles. The molecule has 0 aliphatic carbocycles. The summed E-state index contributed by atoms with van der Waals surface area (Å²) in [4.78, 5) is 10.3. The number of rotatable bonds is 6. The second-order valence-corrected chi connectivity index (χ2v) is 5.62. The van der Waals surface area contributed by atoms with Crippen molar-refractivity contribution in [1.29, 1.82) is 0 Å². The van der Waals surface area contributed by atoms with E-state index in [0.29, 0.717) is 6.54 Å². The Labute approximate surface area is 131 Å². The first-order valence-electron chi connectivity index (χ1n) is 6.66. The van der Waals surface area contributed by atoms with Gasteiger partial charge in [-0.3, -0.25) is 14.8 Å². The van der Waals surface area contributed by atoms with Crippen LogP contribution in [0.2, 0.25) is 0 Å². The summed E-state index contributed by atoms with van der Waals surface area (Å²) in [5.41, 5.74) is 3.35. The number of nitro groups is 1. The largest absolute Gasteiger partial charge is 0.308 e. The summed E-state index contributed by atoms with van der Waals surface area (Å²) in [6, 6.07) is 4.81. The smallest absolute Gasteiger partial charge is 0.270 e. The molecule has 0 atom stereocenters. The third-order valence-corrected chi connectivity index (χ3v) is 3.94. The molecule has 0 radical (unpaired) electrons. The van der Waals surface area contributed by atoms with Crippen LogP contribution in [0.5, 0.6) is 0 Å². The monoisotopic (exact) mass is 352 g/mol. The Kier molecular flexibility index (Phi) is 5.08. The highest BCUT2D eigenvalue weighted by atomic mass is 79.9. The number of halogens is 1. The van der Waals surface area contributed by atoms with Crippen LogP contribution in [0.1, 0.15) is 23.7 Å². The molecule has 1 heterocycles. The van der Waals surface area contributed by atoms with Crippen molar-refractivity contribution >= 4 is 21.6 Å². The first-order chi connectivity index (χ1) is 10.0. The molecule has 0 amide bonds. The molecule has 0 spiro atoms. The van der Waals surface area contributed by atoms with Crippen LogP contribution < -0.4 is 5.32 Å². The van der Waals surface area contributed by atoms with E-state index in [9.17, 15) is 10.1 Å². The number of nitrogens with one attached hydrogen (secondary N) is 1. The van der Waals surface area contributed by atoms with Crippen LogP contribution >= 0.6 is 15.9 Å². The van der Waals surface area contributed by atoms with E-state index in [1.54, 1.807) is 6.07 Å². The maximum Gasteiger partial charge on any atom is 0.270 e. The molecule has 1 aromatic heterocycles. The normalized spacial score (nSPS) is 10.8. The van der Waals surface area contributed by atoms with E-state index >= 15 is 0 Å². The first-order valence-corrected chi connectivity index (χ1v) is 7.45. The highest BCUT2D eigenvalue weighted by Gasteiger charge is 2.09. The highest BCUT2D eigenvalue weighted by molar-refractivity contribution is 9.10. The van der Waals surface area contributed by atoms with Crippen molar-refractivity contribution in [2.45, 2.75) is 26.4 Å². The van der Waals surface area contributed by atoms with E-state index in [4.69, 9.17) is 0 Å². The number of nitrogens with zero attached hydrogens (tertiary/aromatic N) is 3. The Morgan fingerprint density at radius 2 is 2.10 bits per heavy atom. The zero-order chi connectivity index (χ0) is 15.4. The summed E-state index contributed by atoms with van der Waals surface area (Å²) >= 11 is 3.37. The number of hydrogen-bond acceptors (Lipinski definition) is 4. The Bertz CT molecular complexity index is 654. The molecule has 112 valence electrons. The summed E-state index contributed by atoms with van der Waals surface area (Å²) in [6.45, 7) is 3.44. The maximum absolute atomic E-state index is 10.7. The lowest BCUT2D eigenvalue weighted by atomic mass is 10.2. The molecule has 0 fully saturated rings. The Hall–Kier alpha value is -1.73. The SMILES string of the molecule is CCc1nn(C)cc1CNCc1ccc([N+](=O)[O-])cc1Br. The van der Waals surface area contributed by atoms with Gasteiger partial charge in [0.25, 0.3) is 5.69 Å². The van der Waals surface area contributed by atoms with Gasteiger partial charge in [-0.2, -0.15) is 5.10 Å². The van der Waals surface area contributed by atoms with Gasteiger partial charge in [0.1, 0.15) is 0 Å². The van der Waals surface area contributed by atoms with Crippen molar-refractivity contribution in [3.8, 4) is 0 Å². The summed E-state index contributed by atoms with van der Waals surface area (Å²) < 4.78 is 2.56. The summed E-state index contributed by atoms with van der Waals surface area (Å²) in [5.74, 6) is 0. The Balaban J connectivity index is 1.98. The fourth-order valence-electron chi connectivity index (χ4n) is 2.15. The highest BCUT2D eigenvalue weighted by Crippen LogP contribution is 2.23. The molecule has 0 unspecified atom stereocenters. The van der Waals surface area contributed by atoms with Crippen LogP contribution in [-0.2, 0) is 26.6 Å². The minimum absolute atomic E-state index is 0.0890. The van der Waals surface area contributed by atoms with Gasteiger partial charge in [0.2, 0.25) is 0 Å². The molecule has 6 nitrogen and oxygen atoms in total. The zero-order valence-electron chi connectivity index (χ0n) is 12.0. The average molecular weight is 353 g/mol. The molecule has 2 rings (SSSR count). The third kappa shape index (κ3) is 3.89. The van der Waals surface area contributed by atoms with E-state index in [2.05, 4.69) is 33.3 Å². The van der Waals surface area contributed by atoms with Gasteiger partial charge in [-0.15, -0.1) is 0 Å². The van der Waals surface area contributed by atoms with Crippen LogP contribution in [0, 0.1) is 10.1 Å². The van der Waals surface area contributed by atoms with E-state index in [-0.39, 0.29) is 5.69 Å². The van der Waals surface area contributed by atoms with Crippen LogP contribution in [0.15, 0.2) is 28.9 Å². The van der Waals surface area contributed by atoms with E-state index < -0.39 is 4.92 Å². The molecule has 0 aliphatic heterocycles. The fourth-order valence-corrected chi connectivity index (χ4v) is 2.66. The predicted octanol–water partition coefficient (Wildman–Crippen LogP) is 2.94. The molecule has 7 heteroatoms. The van der Waals surface area contributed by atoms with Crippen molar-refractivity contribution in [1.82, 2.24) is 15.1 Å². The minimum atomic E-state index is -0.398. The summed E-state index contributed by atoms with van der Waals surface area (Å²) in [5, 5.41) is 18.4. The predicted molar refractivity (Wildman–Crippen MR) is 83.9 cm³/mol. The summed E-state index contributed by atoms with van der Waals surface area (Å²) in [6.07, 6.45) is 2.91. The van der Waals surface area contributed by atoms with Crippen LogP contribution in [0.25, 0.3) is 0 Å². The van der Waals surface area contributed by atoms with E-state index in [1.807, 2.05) is 17.9 Å². The molecular weight excluding hydrogens is 336 g/mol. The maximum atomic E-state index is 10.7. The Morgan fingerprint density at radius 3 is 2.71 bits per heavy atom. The van der Waals surface area contributed by atoms with Gasteiger partial charge >= 0.3 is 0 Å². The van der Waals surface area contributed by atoms with Crippen LogP contribution in [0.4, 0.5) is 5.69 Å². The van der Waals surface area contributed by atoms with Crippen molar-refractivity contribution in [2.75, 3.05) is 0 Å². The molecule has 0 saturated carbocycles. The van der Waals surface area contributed by atoms with Crippen molar-refractivity contribution < 1.29 is 4.92 Å². The van der Waals surface area contributed by atoms with Crippen molar-refractivity contribution in [3.05, 3.63) is 55.8 Å². The number of aromatic nitrogens is 2. The number of hydrogen-bond donors (Lipinski definition) is 1. The van der Waals surface area contributed by atoms with E-state index in [0.717, 1.165) is 28.7 Å². The molecule has 0 saturated heterocycles. The van der Waals surface area contributed by atoms with Gasteiger partial charge in [-0.05, 0) is 18.1 Å². The zero-order valence-corrected chi connectivity index (χ0v) is 13.6. The number of benzene rings is 1. The molecule has 2 aromatic rings. The number of aryl methyl sites for hydroxylation is 2. The second kappa shape index (κ2) is 6.82. The molecule has 21 heavy (non-hydrogen) atoms. The van der Waals surface area contributed by atoms with Gasteiger partial charge in [0, 0.05) is 48.5 Å². The van der Waals surface area contributed by atoms with Gasteiger partial charge in [-0.25, -0.2) is 0 Å². The van der Waals surface area contributed by atoms with Crippen molar-refractivity contribution in [2.24, 2.45) is 7.05 Å². The van der Waals surface area contributed by atoms with Crippen LogP contribution in [-0.4, -0.2) is 14.7 Å². The average Bonchev–Trinajstić information content (AvgIpc) is 2.80. The topological polar surface area (TPSA) is 73.0 Å². The van der Waals surface area contributed by atoms with E-state index in [1.165, 1.54) is 17.7 Å². The lowest BCUT2D eigenvalue weighted by molar-refractivity contribution is -0.384. The quantitative estimate of drug-likeness (QED) is 0.640. The molecular formula is C14H17BrN4O2. The van der Waals surface area contributed by atoms with Crippen molar-refractivity contribution in [3.63, 3.8) is 0 Å². The van der Waals surface area contributed by atoms with Gasteiger partial charge in [0.15, 0.2) is 0 Å². The summed E-state index contributed by atoms with van der Waals surface area (Å²) in [7, 11) is 1.91. The van der Waals surface area contributed by atoms with Gasteiger partial charge < -0.3 is 5.32 Å². The minimum Gasteiger partial charge on any atom is -0.308 e. The van der Waals surface area contributed by atoms with Gasteiger partial charge in [0.05, 0.1) is 10.6 Å². The second-order valence-electron chi connectivity index (χ2n) is 4.76. The molecule has 0 aliphatic rings. The molecule has 0 bridgehead atoms. The first kappa shape index (κ1) is 15.7. The lowest BCUT2D eigenvalue weighted by Crippen LogP contribution is -2.13.